The van der Waals surface area contributed by atoms with E-state index < -0.39 is 5.21 Å². The second-order valence-corrected chi connectivity index (χ2v) is 8.91. The Kier molecular flexibility index (Phi) is 14.5. The molecule has 0 spiro atoms. The third kappa shape index (κ3) is 15.4. The van der Waals surface area contributed by atoms with Crippen LogP contribution in [0.3, 0.4) is 0 Å². The van der Waals surface area contributed by atoms with Crippen molar-refractivity contribution in [3.8, 4) is 17.2 Å². The number of phenolic OH excluding ortho intramolecular Hbond substituents is 1. The molecule has 1 aromatic carbocycles. The number of hydrogen-bond donors (Lipinski definition) is 1. The van der Waals surface area contributed by atoms with Gasteiger partial charge in [-0.05, 0) is 46.0 Å². The first kappa shape index (κ1) is 28.9. The predicted octanol–water partition coefficient (Wildman–Crippen LogP) is 6.96. The summed E-state index contributed by atoms with van der Waals surface area (Å²) >= 11 is 0. The van der Waals surface area contributed by atoms with Crippen LogP contribution in [0.15, 0.2) is 42.5 Å². The molecule has 0 amide bonds. The van der Waals surface area contributed by atoms with E-state index in [0.29, 0.717) is 17.9 Å². The predicted molar refractivity (Wildman–Crippen MR) is 138 cm³/mol. The highest BCUT2D eigenvalue weighted by Gasteiger charge is 2.09. The normalized spacial score (nSPS) is 12.1. The Morgan fingerprint density at radius 2 is 1.52 bits per heavy atom. The highest BCUT2D eigenvalue weighted by Crippen LogP contribution is 2.28. The summed E-state index contributed by atoms with van der Waals surface area (Å²) in [6.45, 7) is 5.97. The van der Waals surface area contributed by atoms with Crippen molar-refractivity contribution in [2.75, 3.05) is 0 Å². The van der Waals surface area contributed by atoms with Gasteiger partial charge in [0.05, 0.1) is 21.8 Å². The zero-order valence-corrected chi connectivity index (χ0v) is 20.7. The third-order valence-electron chi connectivity index (χ3n) is 5.01. The van der Waals surface area contributed by atoms with Gasteiger partial charge in [0.25, 0.3) is 0 Å². The SMILES string of the molecule is [B]C([B])(/C=C\CCCCC)/C=C\CCCCCCCC(=O)Oc1cc(O)cc(OC(C)C)c1. The van der Waals surface area contributed by atoms with Crippen molar-refractivity contribution in [3.63, 3.8) is 0 Å². The molecule has 178 valence electrons. The van der Waals surface area contributed by atoms with E-state index in [2.05, 4.69) is 19.1 Å². The zero-order chi connectivity index (χ0) is 24.5. The van der Waals surface area contributed by atoms with E-state index in [1.807, 2.05) is 26.0 Å². The first-order valence-electron chi connectivity index (χ1n) is 12.4. The van der Waals surface area contributed by atoms with Gasteiger partial charge in [0, 0.05) is 24.6 Å². The largest absolute Gasteiger partial charge is 0.508 e. The summed E-state index contributed by atoms with van der Waals surface area (Å²) < 4.78 is 10.9. The molecule has 0 aliphatic rings. The number of carbonyl (C=O) groups is 1. The number of aromatic hydroxyl groups is 1. The molecule has 0 fully saturated rings. The van der Waals surface area contributed by atoms with Crippen LogP contribution in [0.4, 0.5) is 0 Å². The molecule has 0 aliphatic carbocycles. The van der Waals surface area contributed by atoms with E-state index >= 15 is 0 Å². The van der Waals surface area contributed by atoms with Crippen molar-refractivity contribution >= 4 is 21.7 Å². The second-order valence-electron chi connectivity index (χ2n) is 8.91. The van der Waals surface area contributed by atoms with Gasteiger partial charge in [-0.2, -0.15) is 0 Å². The van der Waals surface area contributed by atoms with Gasteiger partial charge in [0.15, 0.2) is 0 Å². The van der Waals surface area contributed by atoms with Crippen LogP contribution in [0.25, 0.3) is 0 Å². The number of benzene rings is 1. The van der Waals surface area contributed by atoms with Gasteiger partial charge >= 0.3 is 5.97 Å². The van der Waals surface area contributed by atoms with E-state index in [0.717, 1.165) is 44.9 Å². The summed E-state index contributed by atoms with van der Waals surface area (Å²) in [5.74, 6) is 0.485. The standard InChI is InChI=1S/C27H40B2O4/c1-4-5-6-11-14-17-27(28,29)18-15-12-9-7-8-10-13-16-26(31)33-25-20-23(30)19-24(21-25)32-22(2)3/h14-15,17-22,30H,4-13,16H2,1-3H3/b17-14-,18-15-. The number of carbonyl (C=O) groups excluding carboxylic acids is 1. The van der Waals surface area contributed by atoms with E-state index in [-0.39, 0.29) is 17.8 Å². The van der Waals surface area contributed by atoms with Crippen LogP contribution < -0.4 is 9.47 Å². The minimum absolute atomic E-state index is 0.00880. The maximum atomic E-state index is 12.1. The lowest BCUT2D eigenvalue weighted by molar-refractivity contribution is -0.134. The molecule has 6 heteroatoms. The fourth-order valence-corrected chi connectivity index (χ4v) is 3.34. The molecule has 0 aliphatic heterocycles. The molecule has 0 saturated carbocycles. The Bertz CT molecular complexity index is 742. The van der Waals surface area contributed by atoms with Crippen molar-refractivity contribution in [2.24, 2.45) is 0 Å². The van der Waals surface area contributed by atoms with Crippen LogP contribution in [0.2, 0.25) is 5.21 Å². The van der Waals surface area contributed by atoms with Crippen LogP contribution in [-0.2, 0) is 4.79 Å². The maximum Gasteiger partial charge on any atom is 0.311 e. The second kappa shape index (κ2) is 16.5. The Hall–Kier alpha value is -2.10. The number of rotatable bonds is 17. The van der Waals surface area contributed by atoms with Gasteiger partial charge in [-0.1, -0.05) is 68.5 Å². The van der Waals surface area contributed by atoms with Crippen LogP contribution in [-0.4, -0.2) is 32.9 Å². The highest BCUT2D eigenvalue weighted by molar-refractivity contribution is 6.42. The average Bonchev–Trinajstić information content (AvgIpc) is 2.71. The van der Waals surface area contributed by atoms with Crippen molar-refractivity contribution in [2.45, 2.75) is 103 Å². The van der Waals surface area contributed by atoms with E-state index in [1.54, 1.807) is 6.07 Å². The molecule has 0 aromatic heterocycles. The van der Waals surface area contributed by atoms with Crippen LogP contribution >= 0.6 is 0 Å². The Labute approximate surface area is 203 Å². The Balaban J connectivity index is 2.16. The number of phenols is 1. The van der Waals surface area contributed by atoms with Gasteiger partial charge in [-0.15, -0.1) is 0 Å². The minimum atomic E-state index is -0.871. The molecule has 0 saturated heterocycles. The number of ether oxygens (including phenoxy) is 2. The zero-order valence-electron chi connectivity index (χ0n) is 20.7. The van der Waals surface area contributed by atoms with Crippen molar-refractivity contribution < 1.29 is 19.4 Å². The lowest BCUT2D eigenvalue weighted by Gasteiger charge is -2.15. The number of hydrogen-bond acceptors (Lipinski definition) is 4. The van der Waals surface area contributed by atoms with Crippen LogP contribution in [0.5, 0.6) is 17.2 Å². The van der Waals surface area contributed by atoms with Gasteiger partial charge in [0.2, 0.25) is 0 Å². The number of esters is 1. The lowest BCUT2D eigenvalue weighted by atomic mass is 9.54. The molecule has 1 N–H and O–H groups in total. The molecule has 33 heavy (non-hydrogen) atoms. The van der Waals surface area contributed by atoms with E-state index in [9.17, 15) is 9.90 Å². The van der Waals surface area contributed by atoms with Gasteiger partial charge in [-0.25, -0.2) is 0 Å². The Morgan fingerprint density at radius 3 is 2.15 bits per heavy atom. The minimum Gasteiger partial charge on any atom is -0.508 e. The molecule has 0 atom stereocenters. The summed E-state index contributed by atoms with van der Waals surface area (Å²) in [7, 11) is 12.1. The van der Waals surface area contributed by atoms with Crippen molar-refractivity contribution in [1.29, 1.82) is 0 Å². The average molecular weight is 450 g/mol. The summed E-state index contributed by atoms with van der Waals surface area (Å²) in [6.07, 6.45) is 18.8. The monoisotopic (exact) mass is 450 g/mol. The van der Waals surface area contributed by atoms with Gasteiger partial charge in [-0.3, -0.25) is 4.79 Å². The molecule has 4 radical (unpaired) electrons. The molecular formula is C27H40B2O4. The van der Waals surface area contributed by atoms with Crippen LogP contribution in [0.1, 0.15) is 91.4 Å². The smallest absolute Gasteiger partial charge is 0.311 e. The fraction of sp³-hybridized carbons (Fsp3) is 0.593. The molecule has 1 rings (SSSR count). The topological polar surface area (TPSA) is 55.8 Å². The van der Waals surface area contributed by atoms with Gasteiger partial charge < -0.3 is 14.6 Å². The maximum absolute atomic E-state index is 12.1. The summed E-state index contributed by atoms with van der Waals surface area (Å²) in [6, 6.07) is 4.53. The molecule has 1 aromatic rings. The molecule has 4 nitrogen and oxygen atoms in total. The van der Waals surface area contributed by atoms with Gasteiger partial charge in [0.1, 0.15) is 17.2 Å². The quantitative estimate of drug-likeness (QED) is 0.0917. The molecule has 0 unspecified atom stereocenters. The van der Waals surface area contributed by atoms with E-state index in [1.165, 1.54) is 31.4 Å². The summed E-state index contributed by atoms with van der Waals surface area (Å²) in [4.78, 5) is 12.1. The summed E-state index contributed by atoms with van der Waals surface area (Å²) in [5, 5.41) is 8.90. The van der Waals surface area contributed by atoms with Crippen molar-refractivity contribution in [1.82, 2.24) is 0 Å². The first-order valence-corrected chi connectivity index (χ1v) is 12.4. The lowest BCUT2D eigenvalue weighted by Crippen LogP contribution is -2.09. The van der Waals surface area contributed by atoms with E-state index in [4.69, 9.17) is 25.2 Å². The number of unbranched alkanes of at least 4 members (excludes halogenated alkanes) is 8. The number of allylic oxidation sites excluding steroid dienone is 4. The summed E-state index contributed by atoms with van der Waals surface area (Å²) in [5.41, 5.74) is 0. The molecular weight excluding hydrogens is 410 g/mol. The highest BCUT2D eigenvalue weighted by atomic mass is 16.5. The molecule has 0 heterocycles. The van der Waals surface area contributed by atoms with Crippen molar-refractivity contribution in [3.05, 3.63) is 42.5 Å². The fourth-order valence-electron chi connectivity index (χ4n) is 3.34. The third-order valence-corrected chi connectivity index (χ3v) is 5.01. The first-order chi connectivity index (χ1) is 15.7. The molecule has 0 bridgehead atoms. The van der Waals surface area contributed by atoms with Crippen LogP contribution in [0, 0.1) is 0 Å². The Morgan fingerprint density at radius 1 is 0.939 bits per heavy atom.